The van der Waals surface area contributed by atoms with Crippen LogP contribution in [0.2, 0.25) is 0 Å². The van der Waals surface area contributed by atoms with Crippen LogP contribution < -0.4 is 20.7 Å². The number of rotatable bonds is 6. The zero-order chi connectivity index (χ0) is 18.6. The van der Waals surface area contributed by atoms with Crippen molar-refractivity contribution in [2.45, 2.75) is 20.0 Å². The number of hydrogen-bond acceptors (Lipinski definition) is 5. The van der Waals surface area contributed by atoms with Gasteiger partial charge in [0.2, 0.25) is 5.91 Å². The molecule has 1 aromatic heterocycles. The van der Waals surface area contributed by atoms with Crippen LogP contribution >= 0.6 is 0 Å². The standard InChI is InChI=1S/C17H21N3O5/c1-11-8-20(17(23)18-16(11)22)10-15(21)19(2)9-12-5-6-13(24-3)14(7-12)25-4/h5-8H,9-10H2,1-4H3,(H,18,22,23). The summed E-state index contributed by atoms with van der Waals surface area (Å²) >= 11 is 0. The zero-order valence-electron chi connectivity index (χ0n) is 14.7. The second-order valence-electron chi connectivity index (χ2n) is 5.64. The molecule has 1 N–H and O–H groups in total. The fourth-order valence-electron chi connectivity index (χ4n) is 2.34. The van der Waals surface area contributed by atoms with E-state index in [-0.39, 0.29) is 12.5 Å². The van der Waals surface area contributed by atoms with Crippen LogP contribution in [0.15, 0.2) is 34.0 Å². The first-order valence-corrected chi connectivity index (χ1v) is 7.61. The fraction of sp³-hybridized carbons (Fsp3) is 0.353. The van der Waals surface area contributed by atoms with Crippen molar-refractivity contribution in [2.75, 3.05) is 21.3 Å². The van der Waals surface area contributed by atoms with E-state index in [1.807, 2.05) is 6.07 Å². The molecule has 2 aromatic rings. The van der Waals surface area contributed by atoms with Crippen molar-refractivity contribution in [2.24, 2.45) is 0 Å². The van der Waals surface area contributed by atoms with Crippen LogP contribution in [0, 0.1) is 6.92 Å². The molecule has 0 aliphatic carbocycles. The maximum atomic E-state index is 12.4. The lowest BCUT2D eigenvalue weighted by Gasteiger charge is -2.19. The van der Waals surface area contributed by atoms with Crippen LogP contribution in [0.4, 0.5) is 0 Å². The molecule has 1 aromatic carbocycles. The predicted octanol–water partition coefficient (Wildman–Crippen LogP) is 0.521. The molecule has 0 aliphatic heterocycles. The molecule has 134 valence electrons. The van der Waals surface area contributed by atoms with Crippen molar-refractivity contribution in [1.29, 1.82) is 0 Å². The Morgan fingerprint density at radius 3 is 2.52 bits per heavy atom. The number of benzene rings is 1. The lowest BCUT2D eigenvalue weighted by atomic mass is 10.2. The summed E-state index contributed by atoms with van der Waals surface area (Å²) in [4.78, 5) is 39.2. The number of amides is 1. The number of aromatic amines is 1. The predicted molar refractivity (Wildman–Crippen MR) is 92.1 cm³/mol. The Morgan fingerprint density at radius 2 is 1.88 bits per heavy atom. The molecule has 0 bridgehead atoms. The van der Waals surface area contributed by atoms with Gasteiger partial charge in [-0.05, 0) is 24.6 Å². The molecule has 1 heterocycles. The largest absolute Gasteiger partial charge is 0.493 e. The Bertz CT molecular complexity index is 885. The summed E-state index contributed by atoms with van der Waals surface area (Å²) in [5, 5.41) is 0. The number of carbonyl (C=O) groups is 1. The van der Waals surface area contributed by atoms with Crippen LogP contribution in [0.3, 0.4) is 0 Å². The highest BCUT2D eigenvalue weighted by Crippen LogP contribution is 2.27. The lowest BCUT2D eigenvalue weighted by molar-refractivity contribution is -0.131. The van der Waals surface area contributed by atoms with E-state index in [2.05, 4.69) is 4.98 Å². The number of aryl methyl sites for hydroxylation is 1. The summed E-state index contributed by atoms with van der Waals surface area (Å²) in [5.74, 6) is 0.923. The topological polar surface area (TPSA) is 93.6 Å². The van der Waals surface area contributed by atoms with Crippen molar-refractivity contribution in [1.82, 2.24) is 14.5 Å². The minimum atomic E-state index is -0.608. The highest BCUT2D eigenvalue weighted by Gasteiger charge is 2.13. The molecule has 0 aliphatic rings. The van der Waals surface area contributed by atoms with Crippen LogP contribution in [0.1, 0.15) is 11.1 Å². The number of methoxy groups -OCH3 is 2. The zero-order valence-corrected chi connectivity index (χ0v) is 14.7. The van der Waals surface area contributed by atoms with Crippen molar-refractivity contribution in [3.05, 3.63) is 56.4 Å². The Morgan fingerprint density at radius 1 is 1.20 bits per heavy atom. The van der Waals surface area contributed by atoms with E-state index in [4.69, 9.17) is 9.47 Å². The van der Waals surface area contributed by atoms with Crippen LogP contribution in [-0.4, -0.2) is 41.6 Å². The number of nitrogens with zero attached hydrogens (tertiary/aromatic N) is 2. The number of ether oxygens (including phenoxy) is 2. The third kappa shape index (κ3) is 4.28. The summed E-state index contributed by atoms with van der Waals surface area (Å²) in [7, 11) is 4.74. The average Bonchev–Trinajstić information content (AvgIpc) is 2.59. The minimum absolute atomic E-state index is 0.153. The quantitative estimate of drug-likeness (QED) is 0.822. The SMILES string of the molecule is COc1ccc(CN(C)C(=O)Cn2cc(C)c(=O)[nH]c2=O)cc1OC. The second kappa shape index (κ2) is 7.69. The molecule has 8 heteroatoms. The first kappa shape index (κ1) is 18.3. The molecule has 2 rings (SSSR count). The van der Waals surface area contributed by atoms with E-state index < -0.39 is 11.2 Å². The molecule has 0 atom stereocenters. The van der Waals surface area contributed by atoms with Gasteiger partial charge < -0.3 is 14.4 Å². The molecule has 8 nitrogen and oxygen atoms in total. The fourth-order valence-corrected chi connectivity index (χ4v) is 2.34. The monoisotopic (exact) mass is 347 g/mol. The van der Waals surface area contributed by atoms with Gasteiger partial charge in [-0.3, -0.25) is 19.1 Å². The van der Waals surface area contributed by atoms with Gasteiger partial charge in [0.05, 0.1) is 14.2 Å². The summed E-state index contributed by atoms with van der Waals surface area (Å²) in [6.07, 6.45) is 1.38. The van der Waals surface area contributed by atoms with Gasteiger partial charge in [0.15, 0.2) is 11.5 Å². The Hall–Kier alpha value is -3.03. The van der Waals surface area contributed by atoms with Gasteiger partial charge in [-0.25, -0.2) is 4.79 Å². The van der Waals surface area contributed by atoms with Gasteiger partial charge in [-0.15, -0.1) is 0 Å². The second-order valence-corrected chi connectivity index (χ2v) is 5.64. The van der Waals surface area contributed by atoms with Gasteiger partial charge in [0.25, 0.3) is 5.56 Å². The summed E-state index contributed by atoms with van der Waals surface area (Å²) in [5.41, 5.74) is 0.171. The molecule has 0 unspecified atom stereocenters. The highest BCUT2D eigenvalue weighted by atomic mass is 16.5. The minimum Gasteiger partial charge on any atom is -0.493 e. The Balaban J connectivity index is 2.12. The van der Waals surface area contributed by atoms with E-state index >= 15 is 0 Å². The third-order valence-corrected chi connectivity index (χ3v) is 3.79. The Kier molecular flexibility index (Phi) is 5.63. The highest BCUT2D eigenvalue weighted by molar-refractivity contribution is 5.75. The van der Waals surface area contributed by atoms with Crippen LogP contribution in [-0.2, 0) is 17.9 Å². The van der Waals surface area contributed by atoms with Gasteiger partial charge >= 0.3 is 5.69 Å². The summed E-state index contributed by atoms with van der Waals surface area (Å²) < 4.78 is 11.6. The average molecular weight is 347 g/mol. The first-order valence-electron chi connectivity index (χ1n) is 7.61. The molecular formula is C17H21N3O5. The van der Waals surface area contributed by atoms with Crippen LogP contribution in [0.5, 0.6) is 11.5 Å². The number of H-pyrrole nitrogens is 1. The molecule has 0 fully saturated rings. The molecule has 0 radical (unpaired) electrons. The summed E-state index contributed by atoms with van der Waals surface area (Å²) in [6, 6.07) is 5.39. The number of carbonyl (C=O) groups excluding carboxylic acids is 1. The number of aromatic nitrogens is 2. The van der Waals surface area contributed by atoms with Crippen molar-refractivity contribution < 1.29 is 14.3 Å². The van der Waals surface area contributed by atoms with Crippen molar-refractivity contribution in [3.8, 4) is 11.5 Å². The maximum Gasteiger partial charge on any atom is 0.328 e. The molecule has 0 saturated carbocycles. The van der Waals surface area contributed by atoms with E-state index in [0.717, 1.165) is 5.56 Å². The molecular weight excluding hydrogens is 326 g/mol. The van der Waals surface area contributed by atoms with Gasteiger partial charge in [0.1, 0.15) is 6.54 Å². The van der Waals surface area contributed by atoms with E-state index in [1.165, 1.54) is 15.7 Å². The number of likely N-dealkylation sites (N-methyl/N-ethyl adjacent to an activating group) is 1. The van der Waals surface area contributed by atoms with Crippen molar-refractivity contribution in [3.63, 3.8) is 0 Å². The lowest BCUT2D eigenvalue weighted by Crippen LogP contribution is -2.37. The van der Waals surface area contributed by atoms with Crippen molar-refractivity contribution >= 4 is 5.91 Å². The maximum absolute atomic E-state index is 12.4. The Labute approximate surface area is 144 Å². The van der Waals surface area contributed by atoms with Crippen LogP contribution in [0.25, 0.3) is 0 Å². The smallest absolute Gasteiger partial charge is 0.328 e. The van der Waals surface area contributed by atoms with E-state index in [0.29, 0.717) is 23.6 Å². The van der Waals surface area contributed by atoms with E-state index in [1.54, 1.807) is 40.3 Å². The van der Waals surface area contributed by atoms with Gasteiger partial charge in [-0.2, -0.15) is 0 Å². The van der Waals surface area contributed by atoms with E-state index in [9.17, 15) is 14.4 Å². The third-order valence-electron chi connectivity index (χ3n) is 3.79. The van der Waals surface area contributed by atoms with Gasteiger partial charge in [0, 0.05) is 25.4 Å². The summed E-state index contributed by atoms with van der Waals surface area (Å²) in [6.45, 7) is 1.77. The van der Waals surface area contributed by atoms with Gasteiger partial charge in [-0.1, -0.05) is 6.07 Å². The molecule has 25 heavy (non-hydrogen) atoms. The molecule has 0 spiro atoms. The normalized spacial score (nSPS) is 10.4. The first-order chi connectivity index (χ1) is 11.8. The number of hydrogen-bond donors (Lipinski definition) is 1. The molecule has 0 saturated heterocycles. The molecule has 1 amide bonds. The number of nitrogens with one attached hydrogen (secondary N) is 1.